The molecule has 9 heavy (non-hydrogen) atoms. The van der Waals surface area contributed by atoms with Crippen LogP contribution < -0.4 is 0 Å². The molecule has 0 nitrogen and oxygen atoms in total. The van der Waals surface area contributed by atoms with Crippen LogP contribution in [0, 0.1) is 5.92 Å². The van der Waals surface area contributed by atoms with Crippen molar-refractivity contribution in [2.24, 2.45) is 5.92 Å². The molecule has 0 radical (unpaired) electrons. The molecule has 0 spiro atoms. The van der Waals surface area contributed by atoms with Gasteiger partial charge in [-0.3, -0.25) is 0 Å². The van der Waals surface area contributed by atoms with E-state index in [1.807, 2.05) is 13.8 Å². The van der Waals surface area contributed by atoms with Gasteiger partial charge in [0, 0.05) is 5.92 Å². The maximum atomic E-state index is 12.7. The molecule has 0 bridgehead atoms. The van der Waals surface area contributed by atoms with Crippen molar-refractivity contribution >= 4 is 0 Å². The van der Waals surface area contributed by atoms with Crippen LogP contribution in [0.1, 0.15) is 26.7 Å². The molecule has 0 aliphatic rings. The molecule has 0 aromatic carbocycles. The van der Waals surface area contributed by atoms with Crippen LogP contribution in [0.5, 0.6) is 0 Å². The van der Waals surface area contributed by atoms with E-state index >= 15 is 0 Å². The Labute approximate surface area is 56.8 Å². The first-order chi connectivity index (χ1) is 4.22. The summed E-state index contributed by atoms with van der Waals surface area (Å²) >= 11 is 0. The lowest BCUT2D eigenvalue weighted by atomic mass is 10.0. The fourth-order valence-corrected chi connectivity index (χ4v) is 0.686. The molecule has 0 heterocycles. The molecule has 0 amide bonds. The Kier molecular flexibility index (Phi) is 4.37. The first-order valence-corrected chi connectivity index (χ1v) is 3.49. The van der Waals surface area contributed by atoms with E-state index in [0.717, 1.165) is 6.42 Å². The van der Waals surface area contributed by atoms with Gasteiger partial charge >= 0.3 is 0 Å². The van der Waals surface area contributed by atoms with E-state index in [4.69, 9.17) is 0 Å². The average molecular weight is 130 g/mol. The average Bonchev–Trinajstić information content (AvgIpc) is 1.87. The van der Waals surface area contributed by atoms with Gasteiger partial charge in [-0.25, -0.2) is 4.39 Å². The summed E-state index contributed by atoms with van der Waals surface area (Å²) in [6.45, 7) is 7.37. The number of alkyl halides is 1. The van der Waals surface area contributed by atoms with Crippen molar-refractivity contribution in [2.75, 3.05) is 0 Å². The zero-order chi connectivity index (χ0) is 7.28. The maximum Gasteiger partial charge on any atom is 0.106 e. The van der Waals surface area contributed by atoms with Crippen molar-refractivity contribution in [3.8, 4) is 0 Å². The Bertz CT molecular complexity index is 78.6. The second-order valence-corrected chi connectivity index (χ2v) is 2.40. The smallest absolute Gasteiger partial charge is 0.106 e. The van der Waals surface area contributed by atoms with Gasteiger partial charge in [0.1, 0.15) is 6.17 Å². The number of allylic oxidation sites excluding steroid dienone is 1. The molecule has 0 aliphatic heterocycles. The molecule has 0 aromatic heterocycles. The van der Waals surface area contributed by atoms with Crippen LogP contribution in [0.3, 0.4) is 0 Å². The minimum atomic E-state index is -0.688. The highest BCUT2D eigenvalue weighted by Crippen LogP contribution is 2.13. The van der Waals surface area contributed by atoms with Crippen LogP contribution in [-0.2, 0) is 0 Å². The SMILES string of the molecule is C=CC(C)C(F)CCC. The lowest BCUT2D eigenvalue weighted by Gasteiger charge is -2.09. The van der Waals surface area contributed by atoms with E-state index in [1.54, 1.807) is 6.08 Å². The molecule has 0 saturated heterocycles. The monoisotopic (exact) mass is 130 g/mol. The van der Waals surface area contributed by atoms with Gasteiger partial charge in [0.2, 0.25) is 0 Å². The summed E-state index contributed by atoms with van der Waals surface area (Å²) in [4.78, 5) is 0. The molecule has 0 aliphatic carbocycles. The summed E-state index contributed by atoms with van der Waals surface area (Å²) in [5.41, 5.74) is 0. The molecule has 0 N–H and O–H groups in total. The largest absolute Gasteiger partial charge is 0.247 e. The van der Waals surface area contributed by atoms with E-state index in [2.05, 4.69) is 6.58 Å². The van der Waals surface area contributed by atoms with Crippen molar-refractivity contribution in [3.63, 3.8) is 0 Å². The second-order valence-electron chi connectivity index (χ2n) is 2.40. The van der Waals surface area contributed by atoms with Gasteiger partial charge in [-0.2, -0.15) is 0 Å². The van der Waals surface area contributed by atoms with Crippen LogP contribution >= 0.6 is 0 Å². The van der Waals surface area contributed by atoms with Crippen LogP contribution in [0.15, 0.2) is 12.7 Å². The molecular weight excluding hydrogens is 115 g/mol. The van der Waals surface area contributed by atoms with Crippen LogP contribution in [0.4, 0.5) is 4.39 Å². The summed E-state index contributed by atoms with van der Waals surface area (Å²) in [6.07, 6.45) is 2.56. The Morgan fingerprint density at radius 2 is 2.22 bits per heavy atom. The lowest BCUT2D eigenvalue weighted by Crippen LogP contribution is -2.08. The van der Waals surface area contributed by atoms with Crippen LogP contribution in [0.25, 0.3) is 0 Å². The van der Waals surface area contributed by atoms with Gasteiger partial charge in [-0.1, -0.05) is 26.3 Å². The zero-order valence-corrected chi connectivity index (χ0v) is 6.23. The molecule has 2 unspecified atom stereocenters. The second kappa shape index (κ2) is 4.54. The molecular formula is C8H15F. The van der Waals surface area contributed by atoms with Gasteiger partial charge in [-0.05, 0) is 6.42 Å². The van der Waals surface area contributed by atoms with E-state index in [-0.39, 0.29) is 5.92 Å². The highest BCUT2D eigenvalue weighted by Gasteiger charge is 2.10. The predicted molar refractivity (Wildman–Crippen MR) is 39.2 cm³/mol. The van der Waals surface area contributed by atoms with Crippen molar-refractivity contribution in [3.05, 3.63) is 12.7 Å². The van der Waals surface area contributed by atoms with Gasteiger partial charge in [0.05, 0.1) is 0 Å². The Balaban J connectivity index is 3.44. The van der Waals surface area contributed by atoms with E-state index in [9.17, 15) is 4.39 Å². The van der Waals surface area contributed by atoms with Gasteiger partial charge in [-0.15, -0.1) is 6.58 Å². The van der Waals surface area contributed by atoms with Crippen molar-refractivity contribution in [1.82, 2.24) is 0 Å². The normalized spacial score (nSPS) is 16.8. The molecule has 1 heteroatoms. The third-order valence-electron chi connectivity index (χ3n) is 1.51. The minimum Gasteiger partial charge on any atom is -0.247 e. The molecule has 0 fully saturated rings. The number of rotatable bonds is 4. The molecule has 0 saturated carbocycles. The van der Waals surface area contributed by atoms with E-state index < -0.39 is 6.17 Å². The van der Waals surface area contributed by atoms with E-state index in [1.165, 1.54) is 0 Å². The predicted octanol–water partition coefficient (Wildman–Crippen LogP) is 2.95. The highest BCUT2D eigenvalue weighted by molar-refractivity contribution is 4.80. The van der Waals surface area contributed by atoms with Gasteiger partial charge in [0.15, 0.2) is 0 Å². The van der Waals surface area contributed by atoms with Gasteiger partial charge < -0.3 is 0 Å². The number of halogens is 1. The summed E-state index contributed by atoms with van der Waals surface area (Å²) in [5.74, 6) is 0.0185. The molecule has 54 valence electrons. The first-order valence-electron chi connectivity index (χ1n) is 3.49. The van der Waals surface area contributed by atoms with Gasteiger partial charge in [0.25, 0.3) is 0 Å². The summed E-state index contributed by atoms with van der Waals surface area (Å²) < 4.78 is 12.7. The highest BCUT2D eigenvalue weighted by atomic mass is 19.1. The van der Waals surface area contributed by atoms with Crippen LogP contribution in [-0.4, -0.2) is 6.17 Å². The zero-order valence-electron chi connectivity index (χ0n) is 6.23. The molecule has 0 aromatic rings. The van der Waals surface area contributed by atoms with Crippen molar-refractivity contribution < 1.29 is 4.39 Å². The maximum absolute atomic E-state index is 12.7. The Morgan fingerprint density at radius 1 is 1.67 bits per heavy atom. The van der Waals surface area contributed by atoms with E-state index in [0.29, 0.717) is 6.42 Å². The summed E-state index contributed by atoms with van der Waals surface area (Å²) in [5, 5.41) is 0. The minimum absolute atomic E-state index is 0.0185. The molecule has 0 rings (SSSR count). The topological polar surface area (TPSA) is 0 Å². The first kappa shape index (κ1) is 8.67. The van der Waals surface area contributed by atoms with Crippen molar-refractivity contribution in [1.29, 1.82) is 0 Å². The summed E-state index contributed by atoms with van der Waals surface area (Å²) in [7, 11) is 0. The van der Waals surface area contributed by atoms with Crippen molar-refractivity contribution in [2.45, 2.75) is 32.9 Å². The lowest BCUT2D eigenvalue weighted by molar-refractivity contribution is 0.257. The fourth-order valence-electron chi connectivity index (χ4n) is 0.686. The number of hydrogen-bond acceptors (Lipinski definition) is 0. The molecule has 2 atom stereocenters. The third-order valence-corrected chi connectivity index (χ3v) is 1.51. The standard InChI is InChI=1S/C8H15F/c1-4-6-8(9)7(3)5-2/h5,7-8H,2,4,6H2,1,3H3. The Hall–Kier alpha value is -0.330. The summed E-state index contributed by atoms with van der Waals surface area (Å²) in [6, 6.07) is 0. The van der Waals surface area contributed by atoms with Crippen LogP contribution in [0.2, 0.25) is 0 Å². The Morgan fingerprint density at radius 3 is 2.56 bits per heavy atom. The quantitative estimate of drug-likeness (QED) is 0.513. The third kappa shape index (κ3) is 3.28. The number of hydrogen-bond donors (Lipinski definition) is 0. The fraction of sp³-hybridized carbons (Fsp3) is 0.750.